The molecular weight excluding hydrogens is 236 g/mol. The molecule has 17 heavy (non-hydrogen) atoms. The summed E-state index contributed by atoms with van der Waals surface area (Å²) >= 11 is 1.97. The number of ether oxygens (including phenoxy) is 2. The Labute approximate surface area is 108 Å². The first kappa shape index (κ1) is 13.7. The number of rotatable bonds is 3. The van der Waals surface area contributed by atoms with Crippen molar-refractivity contribution < 1.29 is 14.6 Å². The van der Waals surface area contributed by atoms with E-state index in [9.17, 15) is 5.11 Å². The fourth-order valence-corrected chi connectivity index (χ4v) is 4.34. The minimum Gasteiger partial charge on any atom is -0.387 e. The van der Waals surface area contributed by atoms with E-state index >= 15 is 0 Å². The minimum atomic E-state index is -0.751. The summed E-state index contributed by atoms with van der Waals surface area (Å²) in [6.45, 7) is 4.64. The third-order valence-electron chi connectivity index (χ3n) is 4.56. The van der Waals surface area contributed by atoms with Crippen LogP contribution < -0.4 is 0 Å². The van der Waals surface area contributed by atoms with Crippen molar-refractivity contribution >= 4 is 11.8 Å². The summed E-state index contributed by atoms with van der Waals surface area (Å²) in [7, 11) is 1.67. The van der Waals surface area contributed by atoms with Crippen molar-refractivity contribution in [3.63, 3.8) is 0 Å². The topological polar surface area (TPSA) is 38.7 Å². The SMILES string of the molecule is COC(C)C(C)(O)C1CCOC2(CCSC2)C1. The van der Waals surface area contributed by atoms with Crippen molar-refractivity contribution in [3.05, 3.63) is 0 Å². The fraction of sp³-hybridized carbons (Fsp3) is 1.00. The number of aliphatic hydroxyl groups is 1. The Morgan fingerprint density at radius 2 is 2.35 bits per heavy atom. The number of methoxy groups -OCH3 is 1. The zero-order valence-corrected chi connectivity index (χ0v) is 11.9. The molecule has 2 heterocycles. The smallest absolute Gasteiger partial charge is 0.0907 e. The molecule has 2 aliphatic heterocycles. The molecule has 1 spiro atoms. The van der Waals surface area contributed by atoms with Gasteiger partial charge in [-0.3, -0.25) is 0 Å². The average Bonchev–Trinajstić information content (AvgIpc) is 2.76. The van der Waals surface area contributed by atoms with Crippen molar-refractivity contribution in [3.8, 4) is 0 Å². The molecule has 2 rings (SSSR count). The van der Waals surface area contributed by atoms with E-state index in [-0.39, 0.29) is 17.6 Å². The molecule has 0 amide bonds. The van der Waals surface area contributed by atoms with Gasteiger partial charge in [0.2, 0.25) is 0 Å². The van der Waals surface area contributed by atoms with Gasteiger partial charge in [0, 0.05) is 19.5 Å². The van der Waals surface area contributed by atoms with Crippen LogP contribution in [0, 0.1) is 5.92 Å². The van der Waals surface area contributed by atoms with Crippen LogP contribution in [0.5, 0.6) is 0 Å². The summed E-state index contributed by atoms with van der Waals surface area (Å²) in [6, 6.07) is 0. The van der Waals surface area contributed by atoms with Crippen molar-refractivity contribution in [1.29, 1.82) is 0 Å². The second-order valence-electron chi connectivity index (χ2n) is 5.63. The van der Waals surface area contributed by atoms with Gasteiger partial charge >= 0.3 is 0 Å². The van der Waals surface area contributed by atoms with Crippen LogP contribution in [0.4, 0.5) is 0 Å². The van der Waals surface area contributed by atoms with Crippen molar-refractivity contribution in [2.75, 3.05) is 25.2 Å². The van der Waals surface area contributed by atoms with Crippen LogP contribution in [0.2, 0.25) is 0 Å². The van der Waals surface area contributed by atoms with Crippen molar-refractivity contribution in [1.82, 2.24) is 0 Å². The molecule has 3 nitrogen and oxygen atoms in total. The quantitative estimate of drug-likeness (QED) is 0.843. The Hall–Kier alpha value is 0.230. The zero-order chi connectivity index (χ0) is 12.5. The highest BCUT2D eigenvalue weighted by Gasteiger charge is 2.47. The van der Waals surface area contributed by atoms with E-state index in [0.29, 0.717) is 0 Å². The van der Waals surface area contributed by atoms with Crippen LogP contribution in [0.1, 0.15) is 33.1 Å². The maximum absolute atomic E-state index is 10.7. The molecule has 0 bridgehead atoms. The molecule has 2 saturated heterocycles. The van der Waals surface area contributed by atoms with Gasteiger partial charge in [0.05, 0.1) is 17.3 Å². The van der Waals surface area contributed by atoms with Crippen LogP contribution in [0.15, 0.2) is 0 Å². The highest BCUT2D eigenvalue weighted by atomic mass is 32.2. The monoisotopic (exact) mass is 260 g/mol. The molecule has 0 radical (unpaired) electrons. The van der Waals surface area contributed by atoms with Gasteiger partial charge in [-0.25, -0.2) is 0 Å². The highest BCUT2D eigenvalue weighted by Crippen LogP contribution is 2.44. The van der Waals surface area contributed by atoms with E-state index in [0.717, 1.165) is 31.6 Å². The van der Waals surface area contributed by atoms with Gasteiger partial charge in [-0.05, 0) is 44.8 Å². The second kappa shape index (κ2) is 5.08. The molecule has 4 heteroatoms. The standard InChI is InChI=1S/C13H24O3S/c1-10(15-3)12(2,14)11-4-6-16-13(8-11)5-7-17-9-13/h10-11,14H,4-9H2,1-3H3. The molecule has 2 aliphatic rings. The third-order valence-corrected chi connectivity index (χ3v) is 5.79. The summed E-state index contributed by atoms with van der Waals surface area (Å²) < 4.78 is 11.3. The molecule has 1 N–H and O–H groups in total. The lowest BCUT2D eigenvalue weighted by atomic mass is 9.74. The maximum atomic E-state index is 10.7. The molecule has 100 valence electrons. The van der Waals surface area contributed by atoms with Gasteiger partial charge < -0.3 is 14.6 Å². The molecular formula is C13H24O3S. The molecule has 2 fully saturated rings. The first-order chi connectivity index (χ1) is 8.00. The summed E-state index contributed by atoms with van der Waals surface area (Å²) in [6.07, 6.45) is 2.91. The number of thioether (sulfide) groups is 1. The average molecular weight is 260 g/mol. The Morgan fingerprint density at radius 1 is 1.59 bits per heavy atom. The summed E-state index contributed by atoms with van der Waals surface area (Å²) in [5.74, 6) is 2.56. The zero-order valence-electron chi connectivity index (χ0n) is 11.1. The van der Waals surface area contributed by atoms with E-state index in [1.807, 2.05) is 25.6 Å². The van der Waals surface area contributed by atoms with E-state index in [1.165, 1.54) is 5.75 Å². The van der Waals surface area contributed by atoms with Crippen molar-refractivity contribution in [2.24, 2.45) is 5.92 Å². The Morgan fingerprint density at radius 3 is 2.94 bits per heavy atom. The molecule has 0 aromatic heterocycles. The van der Waals surface area contributed by atoms with Gasteiger partial charge in [-0.1, -0.05) is 0 Å². The number of hydrogen-bond acceptors (Lipinski definition) is 4. The predicted molar refractivity (Wildman–Crippen MR) is 70.4 cm³/mol. The molecule has 0 aromatic carbocycles. The molecule has 4 unspecified atom stereocenters. The first-order valence-electron chi connectivity index (χ1n) is 6.47. The molecule has 0 aliphatic carbocycles. The van der Waals surface area contributed by atoms with Crippen LogP contribution in [0.3, 0.4) is 0 Å². The van der Waals surface area contributed by atoms with Crippen molar-refractivity contribution in [2.45, 2.75) is 50.4 Å². The van der Waals surface area contributed by atoms with Crippen LogP contribution >= 0.6 is 11.8 Å². The van der Waals surface area contributed by atoms with Crippen LogP contribution in [-0.2, 0) is 9.47 Å². The molecule has 0 aromatic rings. The Bertz CT molecular complexity index is 261. The maximum Gasteiger partial charge on any atom is 0.0907 e. The predicted octanol–water partition coefficient (Wildman–Crippen LogP) is 2.07. The molecule has 0 saturated carbocycles. The van der Waals surface area contributed by atoms with E-state index < -0.39 is 5.60 Å². The first-order valence-corrected chi connectivity index (χ1v) is 7.62. The Balaban J connectivity index is 2.06. The summed E-state index contributed by atoms with van der Waals surface area (Å²) in [4.78, 5) is 0. The van der Waals surface area contributed by atoms with Gasteiger partial charge in [-0.15, -0.1) is 0 Å². The minimum absolute atomic E-state index is 0.0328. The van der Waals surface area contributed by atoms with Gasteiger partial charge in [-0.2, -0.15) is 11.8 Å². The fourth-order valence-electron chi connectivity index (χ4n) is 2.96. The van der Waals surface area contributed by atoms with Gasteiger partial charge in [0.25, 0.3) is 0 Å². The lowest BCUT2D eigenvalue weighted by molar-refractivity contribution is -0.163. The van der Waals surface area contributed by atoms with E-state index in [2.05, 4.69) is 0 Å². The van der Waals surface area contributed by atoms with Gasteiger partial charge in [0.1, 0.15) is 0 Å². The summed E-state index contributed by atoms with van der Waals surface area (Å²) in [5, 5.41) is 10.7. The van der Waals surface area contributed by atoms with E-state index in [4.69, 9.17) is 9.47 Å². The van der Waals surface area contributed by atoms with Crippen LogP contribution in [-0.4, -0.2) is 47.6 Å². The Kier molecular flexibility index (Phi) is 4.08. The third kappa shape index (κ3) is 2.65. The highest BCUT2D eigenvalue weighted by molar-refractivity contribution is 7.99. The number of hydrogen-bond donors (Lipinski definition) is 1. The summed E-state index contributed by atoms with van der Waals surface area (Å²) in [5.41, 5.74) is -0.718. The van der Waals surface area contributed by atoms with Gasteiger partial charge in [0.15, 0.2) is 0 Å². The van der Waals surface area contributed by atoms with E-state index in [1.54, 1.807) is 7.11 Å². The lowest BCUT2D eigenvalue weighted by Gasteiger charge is -2.45. The van der Waals surface area contributed by atoms with Crippen LogP contribution in [0.25, 0.3) is 0 Å². The lowest BCUT2D eigenvalue weighted by Crippen LogP contribution is -2.52. The second-order valence-corrected chi connectivity index (χ2v) is 6.73. The normalized spacial score (nSPS) is 39.2. The largest absolute Gasteiger partial charge is 0.387 e. The molecule has 4 atom stereocenters.